The molecule has 0 radical (unpaired) electrons. The van der Waals surface area contributed by atoms with E-state index in [0.29, 0.717) is 12.1 Å². The maximum Gasteiger partial charge on any atom is 0.0728 e. The molecule has 1 N–H and O–H groups in total. The molecule has 2 unspecified atom stereocenters. The molecule has 1 saturated carbocycles. The molecular weight excluding hydrogens is 202 g/mol. The van der Waals surface area contributed by atoms with Crippen LogP contribution >= 0.6 is 0 Å². The van der Waals surface area contributed by atoms with E-state index in [1.165, 1.54) is 32.1 Å². The van der Waals surface area contributed by atoms with Crippen molar-refractivity contribution < 1.29 is 9.47 Å². The highest BCUT2D eigenvalue weighted by Gasteiger charge is 2.28. The van der Waals surface area contributed by atoms with Crippen LogP contribution in [-0.2, 0) is 9.47 Å². The molecule has 2 aliphatic rings. The number of nitrogens with one attached hydrogen (secondary N) is 1. The lowest BCUT2D eigenvalue weighted by Gasteiger charge is -2.26. The Kier molecular flexibility index (Phi) is 5.07. The first kappa shape index (κ1) is 12.3. The third-order valence-corrected chi connectivity index (χ3v) is 3.81. The molecule has 0 spiro atoms. The second-order valence-corrected chi connectivity index (χ2v) is 5.02. The first-order chi connectivity index (χ1) is 7.90. The largest absolute Gasteiger partial charge is 0.381 e. The molecule has 0 aromatic rings. The van der Waals surface area contributed by atoms with Crippen LogP contribution in [0.25, 0.3) is 0 Å². The maximum atomic E-state index is 6.09. The minimum absolute atomic E-state index is 0.461. The number of ether oxygens (including phenoxy) is 2. The zero-order valence-corrected chi connectivity index (χ0v) is 10.4. The van der Waals surface area contributed by atoms with Gasteiger partial charge < -0.3 is 14.8 Å². The predicted molar refractivity (Wildman–Crippen MR) is 64.6 cm³/mol. The average Bonchev–Trinajstić information content (AvgIpc) is 2.76. The van der Waals surface area contributed by atoms with Crippen LogP contribution in [0, 0.1) is 5.92 Å². The second-order valence-electron chi connectivity index (χ2n) is 5.02. The van der Waals surface area contributed by atoms with Crippen molar-refractivity contribution in [2.24, 2.45) is 5.92 Å². The first-order valence-corrected chi connectivity index (χ1v) is 6.83. The van der Waals surface area contributed by atoms with E-state index >= 15 is 0 Å². The number of hydrogen-bond donors (Lipinski definition) is 1. The van der Waals surface area contributed by atoms with Crippen LogP contribution in [-0.4, -0.2) is 38.5 Å². The van der Waals surface area contributed by atoms with Gasteiger partial charge >= 0.3 is 0 Å². The first-order valence-electron chi connectivity index (χ1n) is 6.83. The molecular formula is C13H25NO2. The molecule has 1 aliphatic carbocycles. The number of likely N-dealkylation sites (N-methyl/N-ethyl adjacent to an activating group) is 1. The van der Waals surface area contributed by atoms with Gasteiger partial charge in [0.25, 0.3) is 0 Å². The van der Waals surface area contributed by atoms with Crippen LogP contribution in [0.3, 0.4) is 0 Å². The Hall–Kier alpha value is -0.120. The van der Waals surface area contributed by atoms with Crippen molar-refractivity contribution in [3.8, 4) is 0 Å². The van der Waals surface area contributed by atoms with Gasteiger partial charge in [0.1, 0.15) is 0 Å². The Morgan fingerprint density at radius 3 is 2.75 bits per heavy atom. The van der Waals surface area contributed by atoms with E-state index in [0.717, 1.165) is 32.3 Å². The van der Waals surface area contributed by atoms with Gasteiger partial charge in [-0.25, -0.2) is 0 Å². The molecule has 1 heterocycles. The fourth-order valence-corrected chi connectivity index (χ4v) is 2.79. The molecule has 0 aromatic heterocycles. The molecule has 0 aromatic carbocycles. The molecule has 0 amide bonds. The third-order valence-electron chi connectivity index (χ3n) is 3.81. The Labute approximate surface area is 98.9 Å². The lowest BCUT2D eigenvalue weighted by molar-refractivity contribution is -0.0166. The molecule has 94 valence electrons. The molecule has 16 heavy (non-hydrogen) atoms. The summed E-state index contributed by atoms with van der Waals surface area (Å²) in [7, 11) is 0. The van der Waals surface area contributed by atoms with Crippen LogP contribution < -0.4 is 5.32 Å². The van der Waals surface area contributed by atoms with Crippen molar-refractivity contribution in [2.75, 3.05) is 26.4 Å². The van der Waals surface area contributed by atoms with Gasteiger partial charge in [-0.3, -0.25) is 0 Å². The molecule has 2 rings (SSSR count). The quantitative estimate of drug-likeness (QED) is 0.779. The minimum atomic E-state index is 0.461. The van der Waals surface area contributed by atoms with Crippen LogP contribution in [0.4, 0.5) is 0 Å². The summed E-state index contributed by atoms with van der Waals surface area (Å²) in [6.07, 6.45) is 6.66. The van der Waals surface area contributed by atoms with Gasteiger partial charge in [0.05, 0.1) is 12.7 Å². The Balaban J connectivity index is 1.67. The van der Waals surface area contributed by atoms with E-state index < -0.39 is 0 Å². The van der Waals surface area contributed by atoms with Crippen molar-refractivity contribution in [1.29, 1.82) is 0 Å². The lowest BCUT2D eigenvalue weighted by Crippen LogP contribution is -2.38. The standard InChI is InChI=1S/C13H25NO2/c1-2-14-12-4-3-5-13(12)16-10-11-6-8-15-9-7-11/h11-14H,2-10H2,1H3. The Morgan fingerprint density at radius 1 is 1.19 bits per heavy atom. The lowest BCUT2D eigenvalue weighted by atomic mass is 10.0. The summed E-state index contributed by atoms with van der Waals surface area (Å²) in [5.41, 5.74) is 0. The average molecular weight is 227 g/mol. The van der Waals surface area contributed by atoms with Gasteiger partial charge in [-0.1, -0.05) is 6.92 Å². The Bertz CT molecular complexity index is 192. The van der Waals surface area contributed by atoms with Gasteiger partial charge in [0.2, 0.25) is 0 Å². The summed E-state index contributed by atoms with van der Waals surface area (Å²) in [5.74, 6) is 0.733. The van der Waals surface area contributed by atoms with Crippen LogP contribution in [0.2, 0.25) is 0 Å². The highest BCUT2D eigenvalue weighted by Crippen LogP contribution is 2.24. The molecule has 1 aliphatic heterocycles. The van der Waals surface area contributed by atoms with Gasteiger partial charge in [0, 0.05) is 19.3 Å². The highest BCUT2D eigenvalue weighted by atomic mass is 16.5. The zero-order valence-electron chi connectivity index (χ0n) is 10.4. The van der Waals surface area contributed by atoms with Crippen LogP contribution in [0.1, 0.15) is 39.0 Å². The second kappa shape index (κ2) is 6.58. The van der Waals surface area contributed by atoms with E-state index in [1.807, 2.05) is 0 Å². The smallest absolute Gasteiger partial charge is 0.0728 e. The number of rotatable bonds is 5. The maximum absolute atomic E-state index is 6.09. The van der Waals surface area contributed by atoms with E-state index in [4.69, 9.17) is 9.47 Å². The fraction of sp³-hybridized carbons (Fsp3) is 1.00. The summed E-state index contributed by atoms with van der Waals surface area (Å²) >= 11 is 0. The topological polar surface area (TPSA) is 30.5 Å². The van der Waals surface area contributed by atoms with Crippen LogP contribution in [0.15, 0.2) is 0 Å². The van der Waals surface area contributed by atoms with E-state index in [-0.39, 0.29) is 0 Å². The molecule has 1 saturated heterocycles. The zero-order chi connectivity index (χ0) is 11.2. The van der Waals surface area contributed by atoms with E-state index in [9.17, 15) is 0 Å². The van der Waals surface area contributed by atoms with Gasteiger partial charge in [0.15, 0.2) is 0 Å². The van der Waals surface area contributed by atoms with Crippen molar-refractivity contribution in [3.05, 3.63) is 0 Å². The van der Waals surface area contributed by atoms with Gasteiger partial charge in [-0.05, 0) is 44.6 Å². The Morgan fingerprint density at radius 2 is 2.00 bits per heavy atom. The summed E-state index contributed by atoms with van der Waals surface area (Å²) in [6, 6.07) is 0.602. The van der Waals surface area contributed by atoms with Crippen molar-refractivity contribution >= 4 is 0 Å². The SMILES string of the molecule is CCNC1CCCC1OCC1CCOCC1. The minimum Gasteiger partial charge on any atom is -0.381 e. The molecule has 2 fully saturated rings. The third kappa shape index (κ3) is 3.44. The van der Waals surface area contributed by atoms with Crippen molar-refractivity contribution in [2.45, 2.75) is 51.2 Å². The summed E-state index contributed by atoms with van der Waals surface area (Å²) in [4.78, 5) is 0. The van der Waals surface area contributed by atoms with Crippen molar-refractivity contribution in [1.82, 2.24) is 5.32 Å². The van der Waals surface area contributed by atoms with E-state index in [2.05, 4.69) is 12.2 Å². The van der Waals surface area contributed by atoms with Crippen molar-refractivity contribution in [3.63, 3.8) is 0 Å². The monoisotopic (exact) mass is 227 g/mol. The summed E-state index contributed by atoms with van der Waals surface area (Å²) < 4.78 is 11.5. The van der Waals surface area contributed by atoms with Crippen LogP contribution in [0.5, 0.6) is 0 Å². The number of hydrogen-bond acceptors (Lipinski definition) is 3. The van der Waals surface area contributed by atoms with Gasteiger partial charge in [-0.15, -0.1) is 0 Å². The van der Waals surface area contributed by atoms with E-state index in [1.54, 1.807) is 0 Å². The summed E-state index contributed by atoms with van der Waals surface area (Å²) in [5, 5.41) is 3.53. The fourth-order valence-electron chi connectivity index (χ4n) is 2.79. The molecule has 0 bridgehead atoms. The molecule has 3 heteroatoms. The summed E-state index contributed by atoms with van der Waals surface area (Å²) in [6.45, 7) is 6.02. The normalized spacial score (nSPS) is 32.1. The highest BCUT2D eigenvalue weighted by molar-refractivity contribution is 4.84. The molecule has 3 nitrogen and oxygen atoms in total. The predicted octanol–water partition coefficient (Wildman–Crippen LogP) is 1.96. The van der Waals surface area contributed by atoms with Gasteiger partial charge in [-0.2, -0.15) is 0 Å². The molecule has 2 atom stereocenters.